The first kappa shape index (κ1) is 22.9. The molecule has 4 aromatic rings. The van der Waals surface area contributed by atoms with Crippen LogP contribution >= 0.6 is 0 Å². The van der Waals surface area contributed by atoms with Crippen molar-refractivity contribution in [3.8, 4) is 5.75 Å². The van der Waals surface area contributed by atoms with E-state index in [0.717, 1.165) is 23.9 Å². The Kier molecular flexibility index (Phi) is 6.01. The smallest absolute Gasteiger partial charge is 0.248 e. The molecule has 11 heteroatoms. The van der Waals surface area contributed by atoms with Crippen LogP contribution in [0.25, 0.3) is 22.1 Å². The highest BCUT2D eigenvalue weighted by Crippen LogP contribution is 2.31. The first-order valence-electron chi connectivity index (χ1n) is 11.0. The van der Waals surface area contributed by atoms with Crippen molar-refractivity contribution in [2.45, 2.75) is 45.9 Å². The summed E-state index contributed by atoms with van der Waals surface area (Å²) in [4.78, 5) is 31.9. The van der Waals surface area contributed by atoms with Crippen molar-refractivity contribution in [1.82, 2.24) is 19.1 Å². The number of hydrogen-bond donors (Lipinski definition) is 4. The minimum absolute atomic E-state index is 0.108. The fourth-order valence-corrected chi connectivity index (χ4v) is 4.04. The molecular formula is C23H28N8O3. The summed E-state index contributed by atoms with van der Waals surface area (Å²) in [5.74, 6) is 0.147. The number of hydrogen-bond acceptors (Lipinski definition) is 7. The maximum Gasteiger partial charge on any atom is 0.248 e. The van der Waals surface area contributed by atoms with Gasteiger partial charge in [0.15, 0.2) is 0 Å². The van der Waals surface area contributed by atoms with Crippen molar-refractivity contribution in [2.24, 2.45) is 11.5 Å². The Morgan fingerprint density at radius 2 is 1.47 bits per heavy atom. The lowest BCUT2D eigenvalue weighted by molar-refractivity contribution is 0.0991. The maximum atomic E-state index is 11.7. The third-order valence-corrected chi connectivity index (χ3v) is 5.56. The SMILES string of the molecule is CC(C)Oc1cc(C(N)=O)cc2nc(N)n(CCCCn3c(N)nc4cc(C(N)=O)ccc43)c12. The van der Waals surface area contributed by atoms with Crippen molar-refractivity contribution in [3.05, 3.63) is 41.5 Å². The molecule has 8 N–H and O–H groups in total. The minimum Gasteiger partial charge on any atom is -0.489 e. The van der Waals surface area contributed by atoms with Gasteiger partial charge < -0.3 is 36.8 Å². The molecule has 2 heterocycles. The molecule has 2 aromatic heterocycles. The predicted molar refractivity (Wildman–Crippen MR) is 130 cm³/mol. The van der Waals surface area contributed by atoms with Gasteiger partial charge in [0.2, 0.25) is 23.7 Å². The van der Waals surface area contributed by atoms with Crippen LogP contribution in [0.4, 0.5) is 11.9 Å². The van der Waals surface area contributed by atoms with E-state index in [1.54, 1.807) is 30.3 Å². The number of carbonyl (C=O) groups excluding carboxylic acids is 2. The third kappa shape index (κ3) is 4.32. The molecule has 0 bridgehead atoms. The van der Waals surface area contributed by atoms with Crippen LogP contribution in [0, 0.1) is 0 Å². The van der Waals surface area contributed by atoms with Crippen molar-refractivity contribution in [2.75, 3.05) is 11.5 Å². The zero-order chi connectivity index (χ0) is 24.6. The molecule has 34 heavy (non-hydrogen) atoms. The number of unbranched alkanes of at least 4 members (excludes halogenated alkanes) is 1. The molecule has 0 saturated heterocycles. The topological polar surface area (TPSA) is 183 Å². The Bertz CT molecular complexity index is 1400. The number of fused-ring (bicyclic) bond motifs is 2. The van der Waals surface area contributed by atoms with Crippen LogP contribution < -0.4 is 27.7 Å². The number of rotatable bonds is 9. The molecule has 0 saturated carbocycles. The van der Waals surface area contributed by atoms with Gasteiger partial charge in [0.05, 0.1) is 22.7 Å². The summed E-state index contributed by atoms with van der Waals surface area (Å²) in [5, 5.41) is 0. The van der Waals surface area contributed by atoms with Crippen LogP contribution in [0.2, 0.25) is 0 Å². The number of anilines is 2. The number of carbonyl (C=O) groups is 2. The van der Waals surface area contributed by atoms with Crippen LogP contribution in [-0.2, 0) is 13.1 Å². The van der Waals surface area contributed by atoms with Crippen LogP contribution in [0.15, 0.2) is 30.3 Å². The van der Waals surface area contributed by atoms with Gasteiger partial charge in [-0.15, -0.1) is 0 Å². The number of primary amides is 2. The highest BCUT2D eigenvalue weighted by Gasteiger charge is 2.18. The van der Waals surface area contributed by atoms with E-state index in [0.29, 0.717) is 52.9 Å². The van der Waals surface area contributed by atoms with E-state index in [9.17, 15) is 9.59 Å². The summed E-state index contributed by atoms with van der Waals surface area (Å²) in [6.45, 7) is 5.02. The molecule has 0 aliphatic heterocycles. The van der Waals surface area contributed by atoms with Gasteiger partial charge in [0.1, 0.15) is 11.3 Å². The maximum absolute atomic E-state index is 11.7. The average molecular weight is 465 g/mol. The van der Waals surface area contributed by atoms with Gasteiger partial charge in [-0.3, -0.25) is 9.59 Å². The van der Waals surface area contributed by atoms with Crippen LogP contribution in [-0.4, -0.2) is 37.0 Å². The van der Waals surface area contributed by atoms with E-state index in [2.05, 4.69) is 9.97 Å². The first-order valence-corrected chi connectivity index (χ1v) is 11.0. The summed E-state index contributed by atoms with van der Waals surface area (Å²) in [6, 6.07) is 8.35. The van der Waals surface area contributed by atoms with E-state index >= 15 is 0 Å². The molecule has 0 aliphatic carbocycles. The van der Waals surface area contributed by atoms with Gasteiger partial charge in [0.25, 0.3) is 0 Å². The van der Waals surface area contributed by atoms with Gasteiger partial charge >= 0.3 is 0 Å². The van der Waals surface area contributed by atoms with E-state index in [1.807, 2.05) is 23.0 Å². The quantitative estimate of drug-likeness (QED) is 0.273. The molecule has 0 aliphatic rings. The number of nitrogens with zero attached hydrogens (tertiary/aromatic N) is 4. The Balaban J connectivity index is 1.54. The predicted octanol–water partition coefficient (Wildman–Crippen LogP) is 2.02. The third-order valence-electron chi connectivity index (χ3n) is 5.56. The molecule has 11 nitrogen and oxygen atoms in total. The normalized spacial score (nSPS) is 11.5. The molecule has 0 spiro atoms. The molecular weight excluding hydrogens is 436 g/mol. The lowest BCUT2D eigenvalue weighted by atomic mass is 10.1. The van der Waals surface area contributed by atoms with Gasteiger partial charge in [-0.25, -0.2) is 9.97 Å². The molecule has 0 unspecified atom stereocenters. The number of benzene rings is 2. The first-order chi connectivity index (χ1) is 16.2. The van der Waals surface area contributed by atoms with Gasteiger partial charge in [-0.2, -0.15) is 0 Å². The highest BCUT2D eigenvalue weighted by atomic mass is 16.5. The largest absolute Gasteiger partial charge is 0.489 e. The fraction of sp³-hybridized carbons (Fsp3) is 0.304. The molecule has 0 fully saturated rings. The second-order valence-electron chi connectivity index (χ2n) is 8.39. The molecule has 178 valence electrons. The van der Waals surface area contributed by atoms with Gasteiger partial charge in [0, 0.05) is 24.2 Å². The second kappa shape index (κ2) is 8.93. The number of nitrogens with two attached hydrogens (primary N) is 4. The standard InChI is InChI=1S/C23H28N8O3/c1-12(2)34-18-11-14(21(25)33)10-16-19(18)31(23(27)29-16)8-4-3-7-30-17-6-5-13(20(24)32)9-15(17)28-22(30)26/h5-6,9-12H,3-4,7-8H2,1-2H3,(H2,24,32)(H2,25,33)(H2,26,28)(H2,27,29). The highest BCUT2D eigenvalue weighted by molar-refractivity contribution is 5.99. The number of aryl methyl sites for hydroxylation is 2. The van der Waals surface area contributed by atoms with Crippen LogP contribution in [0.5, 0.6) is 5.75 Å². The van der Waals surface area contributed by atoms with E-state index in [1.165, 1.54) is 0 Å². The van der Waals surface area contributed by atoms with Gasteiger partial charge in [-0.05, 0) is 57.0 Å². The number of ether oxygens (including phenoxy) is 1. The number of amides is 2. The molecule has 4 rings (SSSR count). The summed E-state index contributed by atoms with van der Waals surface area (Å²) in [7, 11) is 0. The van der Waals surface area contributed by atoms with Crippen molar-refractivity contribution in [1.29, 1.82) is 0 Å². The van der Waals surface area contributed by atoms with Crippen molar-refractivity contribution < 1.29 is 14.3 Å². The van der Waals surface area contributed by atoms with Crippen molar-refractivity contribution >= 4 is 45.8 Å². The summed E-state index contributed by atoms with van der Waals surface area (Å²) in [5.41, 5.74) is 26.6. The lowest BCUT2D eigenvalue weighted by Crippen LogP contribution is -2.13. The van der Waals surface area contributed by atoms with E-state index in [-0.39, 0.29) is 6.10 Å². The summed E-state index contributed by atoms with van der Waals surface area (Å²) < 4.78 is 9.73. The number of aromatic nitrogens is 4. The molecule has 2 aromatic carbocycles. The monoisotopic (exact) mass is 464 g/mol. The fourth-order valence-electron chi connectivity index (χ4n) is 4.04. The van der Waals surface area contributed by atoms with Gasteiger partial charge in [-0.1, -0.05) is 0 Å². The van der Waals surface area contributed by atoms with Crippen LogP contribution in [0.3, 0.4) is 0 Å². The van der Waals surface area contributed by atoms with E-state index in [4.69, 9.17) is 27.7 Å². The molecule has 2 amide bonds. The summed E-state index contributed by atoms with van der Waals surface area (Å²) >= 11 is 0. The Hall–Kier alpha value is -4.28. The average Bonchev–Trinajstić information content (AvgIpc) is 3.25. The second-order valence-corrected chi connectivity index (χ2v) is 8.39. The number of imidazole rings is 2. The van der Waals surface area contributed by atoms with Crippen LogP contribution in [0.1, 0.15) is 47.4 Å². The molecule has 0 radical (unpaired) electrons. The lowest BCUT2D eigenvalue weighted by Gasteiger charge is -2.14. The zero-order valence-electron chi connectivity index (χ0n) is 19.1. The van der Waals surface area contributed by atoms with Crippen molar-refractivity contribution in [3.63, 3.8) is 0 Å². The number of nitrogen functional groups attached to an aromatic ring is 2. The zero-order valence-corrected chi connectivity index (χ0v) is 19.1. The Morgan fingerprint density at radius 1 is 0.882 bits per heavy atom. The Labute approximate surface area is 195 Å². The minimum atomic E-state index is -0.559. The summed E-state index contributed by atoms with van der Waals surface area (Å²) in [6.07, 6.45) is 1.45. The molecule has 0 atom stereocenters. The van der Waals surface area contributed by atoms with E-state index < -0.39 is 11.8 Å². The Morgan fingerprint density at radius 3 is 2.12 bits per heavy atom.